The van der Waals surface area contributed by atoms with Gasteiger partial charge in [0.05, 0.1) is 0 Å². The molecule has 0 radical (unpaired) electrons. The largest absolute Gasteiger partial charge is 0.134 e. The quantitative estimate of drug-likeness (QED) is 0.557. The number of rotatable bonds is 7. The molecule has 0 aromatic rings. The van der Waals surface area contributed by atoms with Crippen LogP contribution in [0.1, 0.15) is 39.5 Å². The van der Waals surface area contributed by atoms with Crippen LogP contribution < -0.4 is 0 Å². The fourth-order valence-electron chi connectivity index (χ4n) is 1.10. The van der Waals surface area contributed by atoms with Crippen molar-refractivity contribution in [3.8, 4) is 0 Å². The van der Waals surface area contributed by atoms with E-state index in [1.807, 2.05) is 17.2 Å². The van der Waals surface area contributed by atoms with Crippen LogP contribution >= 0.6 is 11.8 Å². The minimum Gasteiger partial charge on any atom is -0.134 e. The second kappa shape index (κ2) is 8.19. The van der Waals surface area contributed by atoms with E-state index in [1.54, 1.807) is 0 Å². The van der Waals surface area contributed by atoms with E-state index < -0.39 is 0 Å². The van der Waals surface area contributed by atoms with Gasteiger partial charge in [-0.2, -0.15) is 0 Å². The summed E-state index contributed by atoms with van der Waals surface area (Å²) in [7, 11) is 0. The fraction of sp³-hybridized carbons (Fsp3) is 0.800. The van der Waals surface area contributed by atoms with Gasteiger partial charge in [0.2, 0.25) is 0 Å². The minimum absolute atomic E-state index is 0.915. The first-order valence-corrected chi connectivity index (χ1v) is 5.62. The van der Waals surface area contributed by atoms with Crippen molar-refractivity contribution in [2.45, 2.75) is 39.5 Å². The Morgan fingerprint density at radius 3 is 2.64 bits per heavy atom. The van der Waals surface area contributed by atoms with Crippen LogP contribution in [0.4, 0.5) is 0 Å². The summed E-state index contributed by atoms with van der Waals surface area (Å²) < 4.78 is 0. The lowest BCUT2D eigenvalue weighted by Gasteiger charge is -2.11. The van der Waals surface area contributed by atoms with E-state index in [4.69, 9.17) is 0 Å². The SMILES string of the molecule is C=CSCC(CC)CCCC. The summed E-state index contributed by atoms with van der Waals surface area (Å²) in [6, 6.07) is 0. The van der Waals surface area contributed by atoms with Gasteiger partial charge in [0.15, 0.2) is 0 Å². The molecule has 1 atom stereocenters. The van der Waals surface area contributed by atoms with E-state index in [0.29, 0.717) is 0 Å². The van der Waals surface area contributed by atoms with Crippen molar-refractivity contribution < 1.29 is 0 Å². The first-order chi connectivity index (χ1) is 5.35. The third-order valence-electron chi connectivity index (χ3n) is 1.99. The maximum Gasteiger partial charge on any atom is 0.000211 e. The fourth-order valence-corrected chi connectivity index (χ4v) is 1.91. The Morgan fingerprint density at radius 1 is 1.45 bits per heavy atom. The molecule has 0 aliphatic rings. The van der Waals surface area contributed by atoms with Crippen LogP contribution in [0.3, 0.4) is 0 Å². The molecule has 0 spiro atoms. The number of thioether (sulfide) groups is 1. The zero-order valence-electron chi connectivity index (χ0n) is 7.81. The van der Waals surface area contributed by atoms with Gasteiger partial charge in [0.1, 0.15) is 0 Å². The van der Waals surface area contributed by atoms with Gasteiger partial charge in [-0.25, -0.2) is 0 Å². The van der Waals surface area contributed by atoms with Crippen LogP contribution in [0, 0.1) is 5.92 Å². The van der Waals surface area contributed by atoms with Gasteiger partial charge in [-0.05, 0) is 17.7 Å². The van der Waals surface area contributed by atoms with E-state index in [-0.39, 0.29) is 0 Å². The van der Waals surface area contributed by atoms with Crippen molar-refractivity contribution in [3.63, 3.8) is 0 Å². The lowest BCUT2D eigenvalue weighted by atomic mass is 10.0. The molecule has 0 bridgehead atoms. The molecule has 1 heteroatoms. The van der Waals surface area contributed by atoms with E-state index >= 15 is 0 Å². The molecule has 0 heterocycles. The highest BCUT2D eigenvalue weighted by Gasteiger charge is 2.03. The van der Waals surface area contributed by atoms with Crippen LogP contribution in [0.25, 0.3) is 0 Å². The first-order valence-electron chi connectivity index (χ1n) is 4.57. The Morgan fingerprint density at radius 2 is 2.18 bits per heavy atom. The summed E-state index contributed by atoms with van der Waals surface area (Å²) in [6.07, 6.45) is 5.43. The third-order valence-corrected chi connectivity index (χ3v) is 2.89. The summed E-state index contributed by atoms with van der Waals surface area (Å²) >= 11 is 1.86. The Bertz CT molecular complexity index is 88.9. The normalized spacial score (nSPS) is 12.9. The Kier molecular flexibility index (Phi) is 8.26. The van der Waals surface area contributed by atoms with Gasteiger partial charge >= 0.3 is 0 Å². The van der Waals surface area contributed by atoms with Gasteiger partial charge < -0.3 is 0 Å². The Labute approximate surface area is 75.5 Å². The predicted molar refractivity (Wildman–Crippen MR) is 56.0 cm³/mol. The minimum atomic E-state index is 0.915. The zero-order chi connectivity index (χ0) is 8.53. The molecule has 0 saturated heterocycles. The highest BCUT2D eigenvalue weighted by atomic mass is 32.2. The topological polar surface area (TPSA) is 0 Å². The lowest BCUT2D eigenvalue weighted by Crippen LogP contribution is -2.00. The van der Waals surface area contributed by atoms with Crippen LogP contribution in [-0.4, -0.2) is 5.75 Å². The van der Waals surface area contributed by atoms with Crippen molar-refractivity contribution in [2.75, 3.05) is 5.75 Å². The second-order valence-electron chi connectivity index (χ2n) is 2.92. The lowest BCUT2D eigenvalue weighted by molar-refractivity contribution is 0.500. The molecule has 0 aliphatic heterocycles. The monoisotopic (exact) mass is 172 g/mol. The van der Waals surface area contributed by atoms with E-state index in [0.717, 1.165) is 5.92 Å². The van der Waals surface area contributed by atoms with Crippen LogP contribution in [-0.2, 0) is 0 Å². The van der Waals surface area contributed by atoms with E-state index in [2.05, 4.69) is 20.4 Å². The molecular weight excluding hydrogens is 152 g/mol. The second-order valence-corrected chi connectivity index (χ2v) is 3.92. The van der Waals surface area contributed by atoms with Gasteiger partial charge in [0, 0.05) is 5.75 Å². The molecule has 0 N–H and O–H groups in total. The van der Waals surface area contributed by atoms with Gasteiger partial charge in [0.25, 0.3) is 0 Å². The molecule has 0 aromatic carbocycles. The summed E-state index contributed by atoms with van der Waals surface area (Å²) in [5.41, 5.74) is 0. The van der Waals surface area contributed by atoms with Crippen LogP contribution in [0.2, 0.25) is 0 Å². The summed E-state index contributed by atoms with van der Waals surface area (Å²) in [6.45, 7) is 8.25. The van der Waals surface area contributed by atoms with Crippen LogP contribution in [0.5, 0.6) is 0 Å². The van der Waals surface area contributed by atoms with Crippen molar-refractivity contribution >= 4 is 11.8 Å². The molecule has 0 saturated carbocycles. The molecule has 66 valence electrons. The van der Waals surface area contributed by atoms with Crippen molar-refractivity contribution in [1.82, 2.24) is 0 Å². The van der Waals surface area contributed by atoms with Crippen molar-refractivity contribution in [2.24, 2.45) is 5.92 Å². The van der Waals surface area contributed by atoms with Gasteiger partial charge in [-0.1, -0.05) is 39.7 Å². The van der Waals surface area contributed by atoms with Crippen molar-refractivity contribution in [1.29, 1.82) is 0 Å². The zero-order valence-corrected chi connectivity index (χ0v) is 8.62. The Hall–Kier alpha value is 0.0900. The number of hydrogen-bond donors (Lipinski definition) is 0. The number of unbranched alkanes of at least 4 members (excludes halogenated alkanes) is 1. The standard InChI is InChI=1S/C10H20S/c1-4-7-8-10(5-2)9-11-6-3/h6,10H,3-5,7-9H2,1-2H3. The molecule has 0 aliphatic carbocycles. The third kappa shape index (κ3) is 6.49. The Balaban J connectivity index is 3.32. The number of hydrogen-bond acceptors (Lipinski definition) is 1. The van der Waals surface area contributed by atoms with Crippen molar-refractivity contribution in [3.05, 3.63) is 12.0 Å². The highest BCUT2D eigenvalue weighted by molar-refractivity contribution is 8.02. The molecule has 11 heavy (non-hydrogen) atoms. The van der Waals surface area contributed by atoms with Crippen LogP contribution in [0.15, 0.2) is 12.0 Å². The molecule has 0 aromatic heterocycles. The van der Waals surface area contributed by atoms with Gasteiger partial charge in [-0.3, -0.25) is 0 Å². The molecule has 1 unspecified atom stereocenters. The van der Waals surface area contributed by atoms with E-state index in [9.17, 15) is 0 Å². The molecular formula is C10H20S. The average molecular weight is 172 g/mol. The maximum absolute atomic E-state index is 3.71. The molecule has 0 rings (SSSR count). The summed E-state index contributed by atoms with van der Waals surface area (Å²) in [5, 5.41) is 1.95. The van der Waals surface area contributed by atoms with Gasteiger partial charge in [-0.15, -0.1) is 11.8 Å². The molecule has 0 fully saturated rings. The predicted octanol–water partition coefficient (Wildman–Crippen LogP) is 4.08. The summed E-state index contributed by atoms with van der Waals surface area (Å²) in [5.74, 6) is 2.18. The molecule has 0 amide bonds. The smallest absolute Gasteiger partial charge is 0.000211 e. The highest BCUT2D eigenvalue weighted by Crippen LogP contribution is 2.18. The van der Waals surface area contributed by atoms with E-state index in [1.165, 1.54) is 31.4 Å². The average Bonchev–Trinajstić information content (AvgIpc) is 2.05. The molecule has 0 nitrogen and oxygen atoms in total. The summed E-state index contributed by atoms with van der Waals surface area (Å²) in [4.78, 5) is 0. The first kappa shape index (κ1) is 11.1. The maximum atomic E-state index is 3.71.